The summed E-state index contributed by atoms with van der Waals surface area (Å²) >= 11 is 6.22. The van der Waals surface area contributed by atoms with Gasteiger partial charge in [0.05, 0.1) is 12.7 Å². The Morgan fingerprint density at radius 2 is 1.93 bits per heavy atom. The number of hydrogen-bond donors (Lipinski definition) is 0. The molecule has 0 spiro atoms. The van der Waals surface area contributed by atoms with Gasteiger partial charge in [-0.05, 0) is 56.3 Å². The smallest absolute Gasteiger partial charge is 0.276 e. The molecular formula is C21H28ClN5O. The van der Waals surface area contributed by atoms with E-state index in [0.717, 1.165) is 31.6 Å². The van der Waals surface area contributed by atoms with Crippen LogP contribution in [0.5, 0.6) is 0 Å². The van der Waals surface area contributed by atoms with E-state index in [2.05, 4.69) is 15.2 Å². The van der Waals surface area contributed by atoms with Crippen molar-refractivity contribution >= 4 is 17.5 Å². The van der Waals surface area contributed by atoms with Gasteiger partial charge in [-0.1, -0.05) is 41.4 Å². The average molecular weight is 402 g/mol. The van der Waals surface area contributed by atoms with Crippen LogP contribution in [0, 0.1) is 5.92 Å². The van der Waals surface area contributed by atoms with E-state index in [1.165, 1.54) is 38.8 Å². The number of benzene rings is 1. The Balaban J connectivity index is 1.36. The molecule has 1 amide bonds. The fraction of sp³-hybridized carbons (Fsp3) is 0.571. The van der Waals surface area contributed by atoms with Gasteiger partial charge in [0, 0.05) is 24.7 Å². The number of likely N-dealkylation sites (tertiary alicyclic amines) is 2. The molecule has 1 atom stereocenters. The Bertz CT molecular complexity index is 802. The summed E-state index contributed by atoms with van der Waals surface area (Å²) in [4.78, 5) is 17.5. The topological polar surface area (TPSA) is 54.3 Å². The maximum Gasteiger partial charge on any atom is 0.276 e. The van der Waals surface area contributed by atoms with E-state index in [0.29, 0.717) is 23.2 Å². The molecule has 150 valence electrons. The van der Waals surface area contributed by atoms with Gasteiger partial charge in [-0.25, -0.2) is 4.68 Å². The highest BCUT2D eigenvalue weighted by molar-refractivity contribution is 6.31. The van der Waals surface area contributed by atoms with Crippen molar-refractivity contribution in [3.8, 4) is 0 Å². The summed E-state index contributed by atoms with van der Waals surface area (Å²) in [6.07, 6.45) is 7.99. The first kappa shape index (κ1) is 19.4. The minimum absolute atomic E-state index is 0.00578. The Morgan fingerprint density at radius 3 is 2.75 bits per heavy atom. The van der Waals surface area contributed by atoms with Gasteiger partial charge in [-0.2, -0.15) is 0 Å². The predicted molar refractivity (Wildman–Crippen MR) is 109 cm³/mol. The number of nitrogens with zero attached hydrogens (tertiary/aromatic N) is 5. The fourth-order valence-corrected chi connectivity index (χ4v) is 4.54. The molecule has 0 aliphatic carbocycles. The first-order valence-corrected chi connectivity index (χ1v) is 10.7. The summed E-state index contributed by atoms with van der Waals surface area (Å²) < 4.78 is 1.68. The van der Waals surface area contributed by atoms with Crippen LogP contribution in [-0.2, 0) is 6.54 Å². The molecule has 0 radical (unpaired) electrons. The zero-order valence-electron chi connectivity index (χ0n) is 16.3. The Morgan fingerprint density at radius 1 is 1.11 bits per heavy atom. The molecule has 2 aliphatic heterocycles. The van der Waals surface area contributed by atoms with Crippen LogP contribution in [-0.4, -0.2) is 63.4 Å². The number of rotatable bonds is 5. The third kappa shape index (κ3) is 4.73. The molecule has 6 nitrogen and oxygen atoms in total. The summed E-state index contributed by atoms with van der Waals surface area (Å²) in [5, 5.41) is 8.96. The van der Waals surface area contributed by atoms with Crippen molar-refractivity contribution in [3.05, 3.63) is 46.7 Å². The van der Waals surface area contributed by atoms with E-state index in [1.807, 2.05) is 29.2 Å². The van der Waals surface area contributed by atoms with Crippen LogP contribution in [0.1, 0.15) is 48.2 Å². The summed E-state index contributed by atoms with van der Waals surface area (Å²) in [6.45, 7) is 5.68. The first-order valence-electron chi connectivity index (χ1n) is 10.3. The molecule has 2 aliphatic rings. The second kappa shape index (κ2) is 9.05. The van der Waals surface area contributed by atoms with Gasteiger partial charge >= 0.3 is 0 Å². The van der Waals surface area contributed by atoms with E-state index in [9.17, 15) is 4.79 Å². The lowest BCUT2D eigenvalue weighted by atomic mass is 9.96. The lowest BCUT2D eigenvalue weighted by Crippen LogP contribution is -2.44. The monoisotopic (exact) mass is 401 g/mol. The molecule has 3 heterocycles. The fourth-order valence-electron chi connectivity index (χ4n) is 4.34. The minimum atomic E-state index is -0.00578. The van der Waals surface area contributed by atoms with Crippen LogP contribution < -0.4 is 0 Å². The van der Waals surface area contributed by atoms with E-state index in [-0.39, 0.29) is 5.91 Å². The highest BCUT2D eigenvalue weighted by atomic mass is 35.5. The number of halogens is 1. The molecule has 7 heteroatoms. The van der Waals surface area contributed by atoms with Crippen molar-refractivity contribution in [2.75, 3.05) is 32.7 Å². The number of aromatic nitrogens is 3. The Kier molecular flexibility index (Phi) is 6.27. The minimum Gasteiger partial charge on any atom is -0.337 e. The standard InChI is InChI=1S/C21H28ClN5O/c22-19-9-3-2-8-18(19)15-27-16-20(23-24-27)21(28)26-12-6-7-17(14-26)13-25-10-4-1-5-11-25/h2-3,8-9,16-17H,1,4-7,10-15H2/t17-/m0/s1. The van der Waals surface area contributed by atoms with E-state index in [1.54, 1.807) is 10.9 Å². The van der Waals surface area contributed by atoms with Crippen molar-refractivity contribution < 1.29 is 4.79 Å². The van der Waals surface area contributed by atoms with Gasteiger partial charge in [-0.3, -0.25) is 4.79 Å². The molecule has 1 aromatic heterocycles. The molecule has 2 fully saturated rings. The number of piperidine rings is 2. The highest BCUT2D eigenvalue weighted by Gasteiger charge is 2.27. The quantitative estimate of drug-likeness (QED) is 0.771. The van der Waals surface area contributed by atoms with Crippen LogP contribution in [0.4, 0.5) is 0 Å². The second-order valence-electron chi connectivity index (χ2n) is 8.01. The van der Waals surface area contributed by atoms with Gasteiger partial charge in [0.2, 0.25) is 0 Å². The third-order valence-corrected chi connectivity index (χ3v) is 6.19. The normalized spacial score (nSPS) is 21.0. The van der Waals surface area contributed by atoms with Crippen LogP contribution in [0.15, 0.2) is 30.5 Å². The van der Waals surface area contributed by atoms with Crippen LogP contribution in [0.3, 0.4) is 0 Å². The summed E-state index contributed by atoms with van der Waals surface area (Å²) in [7, 11) is 0. The van der Waals surface area contributed by atoms with Crippen molar-refractivity contribution in [1.29, 1.82) is 0 Å². The van der Waals surface area contributed by atoms with Crippen LogP contribution in [0.25, 0.3) is 0 Å². The second-order valence-corrected chi connectivity index (χ2v) is 8.42. The number of amides is 1. The zero-order chi connectivity index (χ0) is 19.3. The van der Waals surface area contributed by atoms with Crippen LogP contribution in [0.2, 0.25) is 5.02 Å². The van der Waals surface area contributed by atoms with Gasteiger partial charge in [0.1, 0.15) is 0 Å². The number of carbonyl (C=O) groups is 1. The Hall–Kier alpha value is -1.92. The van der Waals surface area contributed by atoms with Crippen molar-refractivity contribution in [2.45, 2.75) is 38.6 Å². The first-order chi connectivity index (χ1) is 13.7. The van der Waals surface area contributed by atoms with E-state index >= 15 is 0 Å². The largest absolute Gasteiger partial charge is 0.337 e. The molecular weight excluding hydrogens is 374 g/mol. The van der Waals surface area contributed by atoms with Crippen LogP contribution >= 0.6 is 11.6 Å². The molecule has 0 N–H and O–H groups in total. The lowest BCUT2D eigenvalue weighted by molar-refractivity contribution is 0.0625. The third-order valence-electron chi connectivity index (χ3n) is 5.82. The van der Waals surface area contributed by atoms with Crippen molar-refractivity contribution in [2.24, 2.45) is 5.92 Å². The Labute approximate surface area is 171 Å². The van der Waals surface area contributed by atoms with Crippen molar-refractivity contribution in [3.63, 3.8) is 0 Å². The lowest BCUT2D eigenvalue weighted by Gasteiger charge is -2.36. The molecule has 0 bridgehead atoms. The van der Waals surface area contributed by atoms with Gasteiger partial charge in [0.25, 0.3) is 5.91 Å². The predicted octanol–water partition coefficient (Wildman–Crippen LogP) is 3.32. The van der Waals surface area contributed by atoms with Crippen molar-refractivity contribution in [1.82, 2.24) is 24.8 Å². The average Bonchev–Trinajstić information content (AvgIpc) is 3.19. The van der Waals surface area contributed by atoms with Gasteiger partial charge < -0.3 is 9.80 Å². The molecule has 0 saturated carbocycles. The molecule has 0 unspecified atom stereocenters. The maximum atomic E-state index is 12.9. The zero-order valence-corrected chi connectivity index (χ0v) is 17.0. The number of carbonyl (C=O) groups excluding carboxylic acids is 1. The number of hydrogen-bond acceptors (Lipinski definition) is 4. The summed E-state index contributed by atoms with van der Waals surface area (Å²) in [5.74, 6) is 0.558. The summed E-state index contributed by atoms with van der Waals surface area (Å²) in [5.41, 5.74) is 1.39. The SMILES string of the molecule is O=C(c1cn(Cc2ccccc2Cl)nn1)N1CCC[C@@H](CN2CCCCC2)C1. The van der Waals surface area contributed by atoms with E-state index < -0.39 is 0 Å². The molecule has 2 aromatic rings. The maximum absolute atomic E-state index is 12.9. The molecule has 2 saturated heterocycles. The molecule has 1 aromatic carbocycles. The molecule has 4 rings (SSSR count). The van der Waals surface area contributed by atoms with E-state index in [4.69, 9.17) is 11.6 Å². The van der Waals surface area contributed by atoms with Gasteiger partial charge in [-0.15, -0.1) is 5.10 Å². The van der Waals surface area contributed by atoms with Gasteiger partial charge in [0.15, 0.2) is 5.69 Å². The summed E-state index contributed by atoms with van der Waals surface area (Å²) in [6, 6.07) is 7.66. The molecule has 28 heavy (non-hydrogen) atoms. The highest BCUT2D eigenvalue weighted by Crippen LogP contribution is 2.21.